The molecule has 5 nitrogen and oxygen atoms in total. The zero-order valence-electron chi connectivity index (χ0n) is 10.4. The summed E-state index contributed by atoms with van der Waals surface area (Å²) in [7, 11) is 0. The van der Waals surface area contributed by atoms with Crippen LogP contribution in [0, 0.1) is 12.7 Å². The van der Waals surface area contributed by atoms with Crippen LogP contribution in [0.1, 0.15) is 18.9 Å². The van der Waals surface area contributed by atoms with Gasteiger partial charge >= 0.3 is 0 Å². The van der Waals surface area contributed by atoms with Gasteiger partial charge in [-0.3, -0.25) is 0 Å². The van der Waals surface area contributed by atoms with Crippen molar-refractivity contribution in [3.05, 3.63) is 29.6 Å². The smallest absolute Gasteiger partial charge is 0.244 e. The Morgan fingerprint density at radius 1 is 1.44 bits per heavy atom. The molecule has 0 fully saturated rings. The molecule has 0 aliphatic heterocycles. The molecule has 1 aromatic carbocycles. The van der Waals surface area contributed by atoms with Crippen LogP contribution in [0.25, 0.3) is 5.69 Å². The fraction of sp³-hybridized carbons (Fsp3) is 0.333. The van der Waals surface area contributed by atoms with Crippen LogP contribution in [-0.4, -0.2) is 21.3 Å². The minimum atomic E-state index is -0.278. The van der Waals surface area contributed by atoms with Crippen molar-refractivity contribution in [2.24, 2.45) is 0 Å². The van der Waals surface area contributed by atoms with E-state index in [4.69, 9.17) is 5.73 Å². The molecule has 18 heavy (non-hydrogen) atoms. The van der Waals surface area contributed by atoms with Crippen molar-refractivity contribution in [1.29, 1.82) is 0 Å². The summed E-state index contributed by atoms with van der Waals surface area (Å²) >= 11 is 0. The molecule has 0 bridgehead atoms. The van der Waals surface area contributed by atoms with Crippen LogP contribution in [0.3, 0.4) is 0 Å². The zero-order chi connectivity index (χ0) is 13.1. The van der Waals surface area contributed by atoms with E-state index in [1.165, 1.54) is 16.8 Å². The monoisotopic (exact) mass is 249 g/mol. The summed E-state index contributed by atoms with van der Waals surface area (Å²) in [5, 5.41) is 7.31. The molecule has 0 unspecified atom stereocenters. The second-order valence-corrected chi connectivity index (χ2v) is 4.06. The van der Waals surface area contributed by atoms with E-state index < -0.39 is 0 Å². The number of rotatable bonds is 4. The van der Waals surface area contributed by atoms with Crippen LogP contribution < -0.4 is 11.1 Å². The van der Waals surface area contributed by atoms with Crippen molar-refractivity contribution in [3.63, 3.8) is 0 Å². The van der Waals surface area contributed by atoms with E-state index in [2.05, 4.69) is 22.3 Å². The van der Waals surface area contributed by atoms with Crippen LogP contribution in [0.2, 0.25) is 0 Å². The molecule has 2 aromatic rings. The number of hydrogen-bond donors (Lipinski definition) is 2. The first-order valence-corrected chi connectivity index (χ1v) is 5.84. The van der Waals surface area contributed by atoms with E-state index >= 15 is 0 Å². The molecular weight excluding hydrogens is 233 g/mol. The molecule has 6 heteroatoms. The van der Waals surface area contributed by atoms with Gasteiger partial charge in [0.05, 0.1) is 5.69 Å². The van der Waals surface area contributed by atoms with E-state index in [1.807, 2.05) is 0 Å². The first-order valence-electron chi connectivity index (χ1n) is 5.84. The maximum atomic E-state index is 13.0. The highest BCUT2D eigenvalue weighted by molar-refractivity contribution is 5.46. The number of nitrogens with one attached hydrogen (secondary N) is 1. The van der Waals surface area contributed by atoms with Gasteiger partial charge in [-0.1, -0.05) is 6.92 Å². The minimum Gasteiger partial charge on any atom is -0.368 e. The SMILES string of the molecule is CCCNc1nc(N)n(-c2ccc(F)cc2C)n1. The molecule has 0 amide bonds. The van der Waals surface area contributed by atoms with Gasteiger partial charge in [-0.25, -0.2) is 4.39 Å². The minimum absolute atomic E-state index is 0.278. The summed E-state index contributed by atoms with van der Waals surface area (Å²) in [6.07, 6.45) is 0.976. The average Bonchev–Trinajstić information content (AvgIpc) is 2.68. The summed E-state index contributed by atoms with van der Waals surface area (Å²) < 4.78 is 14.6. The normalized spacial score (nSPS) is 10.6. The quantitative estimate of drug-likeness (QED) is 0.870. The lowest BCUT2D eigenvalue weighted by Gasteiger charge is -2.06. The van der Waals surface area contributed by atoms with Gasteiger partial charge in [-0.2, -0.15) is 9.67 Å². The summed E-state index contributed by atoms with van der Waals surface area (Å²) in [6, 6.07) is 4.46. The third kappa shape index (κ3) is 2.42. The molecule has 0 radical (unpaired) electrons. The largest absolute Gasteiger partial charge is 0.368 e. The number of aryl methyl sites for hydroxylation is 1. The summed E-state index contributed by atoms with van der Waals surface area (Å²) in [6.45, 7) is 4.64. The second kappa shape index (κ2) is 5.03. The second-order valence-electron chi connectivity index (χ2n) is 4.06. The molecule has 3 N–H and O–H groups in total. The number of nitrogen functional groups attached to an aromatic ring is 1. The number of halogens is 1. The number of benzene rings is 1. The van der Waals surface area contributed by atoms with Crippen LogP contribution in [0.4, 0.5) is 16.3 Å². The van der Waals surface area contributed by atoms with Gasteiger partial charge in [0.2, 0.25) is 11.9 Å². The van der Waals surface area contributed by atoms with Gasteiger partial charge in [0.15, 0.2) is 0 Å². The molecular formula is C12H16FN5. The Labute approximate surface area is 105 Å². The molecule has 96 valence electrons. The number of nitrogens with zero attached hydrogens (tertiary/aromatic N) is 3. The van der Waals surface area contributed by atoms with E-state index in [1.54, 1.807) is 13.0 Å². The van der Waals surface area contributed by atoms with Gasteiger partial charge in [0.1, 0.15) is 5.82 Å². The fourth-order valence-corrected chi connectivity index (χ4v) is 1.67. The Morgan fingerprint density at radius 2 is 2.22 bits per heavy atom. The Hall–Kier alpha value is -2.11. The van der Waals surface area contributed by atoms with Gasteiger partial charge in [-0.15, -0.1) is 5.10 Å². The fourth-order valence-electron chi connectivity index (χ4n) is 1.67. The lowest BCUT2D eigenvalue weighted by atomic mass is 10.2. The van der Waals surface area contributed by atoms with Crippen LogP contribution in [0.15, 0.2) is 18.2 Å². The molecule has 1 heterocycles. The highest BCUT2D eigenvalue weighted by atomic mass is 19.1. The number of hydrogen-bond acceptors (Lipinski definition) is 4. The first kappa shape index (κ1) is 12.3. The van der Waals surface area contributed by atoms with Gasteiger partial charge < -0.3 is 11.1 Å². The predicted octanol–water partition coefficient (Wildman–Crippen LogP) is 2.12. The Kier molecular flexibility index (Phi) is 3.45. The van der Waals surface area contributed by atoms with Crippen LogP contribution in [-0.2, 0) is 0 Å². The lowest BCUT2D eigenvalue weighted by molar-refractivity contribution is 0.625. The summed E-state index contributed by atoms with van der Waals surface area (Å²) in [5.41, 5.74) is 7.29. The molecule has 1 aromatic heterocycles. The van der Waals surface area contributed by atoms with E-state index in [0.29, 0.717) is 5.95 Å². The van der Waals surface area contributed by atoms with Crippen LogP contribution >= 0.6 is 0 Å². The maximum absolute atomic E-state index is 13.0. The number of anilines is 2. The van der Waals surface area contributed by atoms with Crippen molar-refractivity contribution in [2.45, 2.75) is 20.3 Å². The highest BCUT2D eigenvalue weighted by Crippen LogP contribution is 2.18. The van der Waals surface area contributed by atoms with Gasteiger partial charge in [-0.05, 0) is 37.1 Å². The average molecular weight is 249 g/mol. The third-order valence-corrected chi connectivity index (χ3v) is 2.55. The summed E-state index contributed by atoms with van der Waals surface area (Å²) in [5.74, 6) is 0.487. The molecule has 0 aliphatic carbocycles. The molecule has 0 saturated heterocycles. The maximum Gasteiger partial charge on any atom is 0.244 e. The Bertz CT molecular complexity index is 549. The predicted molar refractivity (Wildman–Crippen MR) is 69.2 cm³/mol. The van der Waals surface area contributed by atoms with Crippen LogP contribution in [0.5, 0.6) is 0 Å². The van der Waals surface area contributed by atoms with E-state index in [9.17, 15) is 4.39 Å². The molecule has 0 atom stereocenters. The first-order chi connectivity index (χ1) is 8.61. The Balaban J connectivity index is 2.35. The van der Waals surface area contributed by atoms with E-state index in [0.717, 1.165) is 24.2 Å². The molecule has 2 rings (SSSR count). The molecule has 0 aliphatic rings. The number of aromatic nitrogens is 3. The van der Waals surface area contributed by atoms with Crippen molar-refractivity contribution in [1.82, 2.24) is 14.8 Å². The Morgan fingerprint density at radius 3 is 2.89 bits per heavy atom. The van der Waals surface area contributed by atoms with Crippen molar-refractivity contribution >= 4 is 11.9 Å². The molecule has 0 saturated carbocycles. The highest BCUT2D eigenvalue weighted by Gasteiger charge is 2.10. The topological polar surface area (TPSA) is 68.8 Å². The standard InChI is InChI=1S/C12H16FN5/c1-3-6-15-12-16-11(14)18(17-12)10-5-4-9(13)7-8(10)2/h4-5,7H,3,6H2,1-2H3,(H3,14,15,16,17). The van der Waals surface area contributed by atoms with Gasteiger partial charge in [0.25, 0.3) is 0 Å². The van der Waals surface area contributed by atoms with Gasteiger partial charge in [0, 0.05) is 6.54 Å². The van der Waals surface area contributed by atoms with Crippen molar-refractivity contribution in [2.75, 3.05) is 17.6 Å². The van der Waals surface area contributed by atoms with Crippen molar-refractivity contribution in [3.8, 4) is 5.69 Å². The van der Waals surface area contributed by atoms with E-state index in [-0.39, 0.29) is 11.8 Å². The zero-order valence-corrected chi connectivity index (χ0v) is 10.4. The summed E-state index contributed by atoms with van der Waals surface area (Å²) in [4.78, 5) is 4.11. The number of nitrogens with two attached hydrogens (primary N) is 1. The third-order valence-electron chi connectivity index (χ3n) is 2.55. The lowest BCUT2D eigenvalue weighted by Crippen LogP contribution is -2.05. The van der Waals surface area contributed by atoms with Crippen molar-refractivity contribution < 1.29 is 4.39 Å². The molecule has 0 spiro atoms.